The maximum Gasteiger partial charge on any atom is 0.230 e. The zero-order valence-corrected chi connectivity index (χ0v) is 15.8. The fourth-order valence-electron chi connectivity index (χ4n) is 5.49. The molecule has 7 nitrogen and oxygen atoms in total. The Morgan fingerprint density at radius 1 is 1.11 bits per heavy atom. The van der Waals surface area contributed by atoms with E-state index in [4.69, 9.17) is 9.47 Å². The molecular formula is C20H29N3O4. The normalized spacial score (nSPS) is 38.7. The highest BCUT2D eigenvalue weighted by atomic mass is 16.5. The minimum Gasteiger partial charge on any atom is -0.378 e. The number of ether oxygens (including phenoxy) is 2. The first kappa shape index (κ1) is 17.6. The van der Waals surface area contributed by atoms with E-state index in [1.54, 1.807) is 0 Å². The van der Waals surface area contributed by atoms with Gasteiger partial charge in [0.05, 0.1) is 37.7 Å². The molecular weight excluding hydrogens is 346 g/mol. The molecule has 5 aliphatic rings. The zero-order valence-electron chi connectivity index (χ0n) is 15.8. The van der Waals surface area contributed by atoms with Crippen LogP contribution in [0.25, 0.3) is 0 Å². The maximum absolute atomic E-state index is 13.2. The van der Waals surface area contributed by atoms with Crippen LogP contribution < -0.4 is 0 Å². The predicted molar refractivity (Wildman–Crippen MR) is 98.0 cm³/mol. The maximum atomic E-state index is 13.2. The van der Waals surface area contributed by atoms with Gasteiger partial charge in [-0.3, -0.25) is 9.59 Å². The van der Waals surface area contributed by atoms with Crippen molar-refractivity contribution in [2.45, 2.75) is 31.0 Å². The molecule has 0 unspecified atom stereocenters. The van der Waals surface area contributed by atoms with Gasteiger partial charge < -0.3 is 24.2 Å². The van der Waals surface area contributed by atoms with Crippen LogP contribution in [0.5, 0.6) is 0 Å². The molecule has 0 aromatic heterocycles. The summed E-state index contributed by atoms with van der Waals surface area (Å²) in [6, 6.07) is 0. The van der Waals surface area contributed by atoms with E-state index in [9.17, 15) is 9.59 Å². The van der Waals surface area contributed by atoms with Gasteiger partial charge in [0, 0.05) is 26.2 Å². The summed E-state index contributed by atoms with van der Waals surface area (Å²) in [5, 5.41) is 0. The van der Waals surface area contributed by atoms with Gasteiger partial charge in [-0.05, 0) is 25.9 Å². The summed E-state index contributed by atoms with van der Waals surface area (Å²) in [5.41, 5.74) is -0.587. The summed E-state index contributed by atoms with van der Waals surface area (Å²) in [6.07, 6.45) is 7.62. The van der Waals surface area contributed by atoms with E-state index < -0.39 is 5.60 Å². The lowest BCUT2D eigenvalue weighted by atomic mass is 9.76. The van der Waals surface area contributed by atoms with Crippen molar-refractivity contribution in [1.29, 1.82) is 0 Å². The van der Waals surface area contributed by atoms with Crippen molar-refractivity contribution >= 4 is 11.8 Å². The van der Waals surface area contributed by atoms with E-state index in [0.717, 1.165) is 26.2 Å². The van der Waals surface area contributed by atoms with Crippen molar-refractivity contribution in [3.8, 4) is 0 Å². The fraction of sp³-hybridized carbons (Fsp3) is 0.800. The predicted octanol–water partition coefficient (Wildman–Crippen LogP) is 0.113. The van der Waals surface area contributed by atoms with Gasteiger partial charge in [-0.2, -0.15) is 0 Å². The van der Waals surface area contributed by atoms with Crippen LogP contribution in [0.3, 0.4) is 0 Å². The second-order valence-electron chi connectivity index (χ2n) is 8.50. The third kappa shape index (κ3) is 2.91. The first-order chi connectivity index (χ1) is 13.2. The third-order valence-corrected chi connectivity index (χ3v) is 6.92. The molecule has 27 heavy (non-hydrogen) atoms. The average Bonchev–Trinajstić information content (AvgIpc) is 3.35. The molecule has 2 bridgehead atoms. The molecule has 0 N–H and O–H groups in total. The lowest BCUT2D eigenvalue weighted by Crippen LogP contribution is -2.49. The standard InChI is InChI=1S/C20H29N3O4/c24-18(22-10-12-26-13-11-22)16-15-4-5-20(27-15)14-23(19(25)17(16)20)9-8-21-6-2-1-3-7-21/h4-5,15-17H,1-3,6-14H2/t15-,16+,17-,20-/m0/s1. The lowest BCUT2D eigenvalue weighted by Gasteiger charge is -2.32. The Balaban J connectivity index is 1.29. The number of morpholine rings is 1. The number of likely N-dealkylation sites (tertiary alicyclic amines) is 2. The second-order valence-corrected chi connectivity index (χ2v) is 8.50. The molecule has 4 saturated heterocycles. The van der Waals surface area contributed by atoms with Gasteiger partial charge in [0.2, 0.25) is 11.8 Å². The number of carbonyl (C=O) groups excluding carboxylic acids is 2. The van der Waals surface area contributed by atoms with E-state index in [1.807, 2.05) is 22.0 Å². The van der Waals surface area contributed by atoms with E-state index in [1.165, 1.54) is 19.3 Å². The Labute approximate surface area is 160 Å². The Morgan fingerprint density at radius 2 is 1.89 bits per heavy atom. The van der Waals surface area contributed by atoms with Gasteiger partial charge in [-0.25, -0.2) is 0 Å². The van der Waals surface area contributed by atoms with Crippen LogP contribution in [0.2, 0.25) is 0 Å². The number of nitrogens with zero attached hydrogens (tertiary/aromatic N) is 3. The molecule has 5 rings (SSSR count). The SMILES string of the molecule is O=C([C@@H]1[C@@H]2C=C[C@@]3(CN(CCN4CCCCC4)C(=O)[C@H]13)O2)N1CCOCC1. The molecule has 5 heterocycles. The lowest BCUT2D eigenvalue weighted by molar-refractivity contribution is -0.146. The van der Waals surface area contributed by atoms with Gasteiger partial charge in [0.15, 0.2) is 0 Å². The van der Waals surface area contributed by atoms with Crippen molar-refractivity contribution in [3.63, 3.8) is 0 Å². The second kappa shape index (κ2) is 6.87. The van der Waals surface area contributed by atoms with Gasteiger partial charge >= 0.3 is 0 Å². The number of fused-ring (bicyclic) bond motifs is 1. The first-order valence-corrected chi connectivity index (χ1v) is 10.4. The van der Waals surface area contributed by atoms with E-state index in [0.29, 0.717) is 32.8 Å². The van der Waals surface area contributed by atoms with E-state index in [2.05, 4.69) is 4.90 Å². The highest BCUT2D eigenvalue weighted by Gasteiger charge is 2.67. The Kier molecular flexibility index (Phi) is 4.49. The molecule has 4 fully saturated rings. The van der Waals surface area contributed by atoms with E-state index >= 15 is 0 Å². The number of amides is 2. The number of carbonyl (C=O) groups is 2. The van der Waals surface area contributed by atoms with Gasteiger partial charge in [0.1, 0.15) is 5.60 Å². The molecule has 7 heteroatoms. The van der Waals surface area contributed by atoms with Crippen LogP contribution in [0.4, 0.5) is 0 Å². The van der Waals surface area contributed by atoms with Crippen molar-refractivity contribution in [2.24, 2.45) is 11.8 Å². The van der Waals surface area contributed by atoms with Crippen LogP contribution in [0.15, 0.2) is 12.2 Å². The van der Waals surface area contributed by atoms with Gasteiger partial charge in [-0.1, -0.05) is 18.6 Å². The van der Waals surface area contributed by atoms with Crippen LogP contribution in [-0.4, -0.2) is 97.2 Å². The van der Waals surface area contributed by atoms with Crippen molar-refractivity contribution < 1.29 is 19.1 Å². The van der Waals surface area contributed by atoms with Gasteiger partial charge in [0.25, 0.3) is 0 Å². The van der Waals surface area contributed by atoms with E-state index in [-0.39, 0.29) is 29.8 Å². The summed E-state index contributed by atoms with van der Waals surface area (Å²) in [4.78, 5) is 32.6. The minimum atomic E-state index is -0.587. The topological polar surface area (TPSA) is 62.3 Å². The van der Waals surface area contributed by atoms with Crippen LogP contribution in [0, 0.1) is 11.8 Å². The largest absolute Gasteiger partial charge is 0.378 e. The van der Waals surface area contributed by atoms with Crippen molar-refractivity contribution in [1.82, 2.24) is 14.7 Å². The third-order valence-electron chi connectivity index (χ3n) is 6.92. The molecule has 5 aliphatic heterocycles. The molecule has 0 radical (unpaired) electrons. The summed E-state index contributed by atoms with van der Waals surface area (Å²) < 4.78 is 11.6. The number of rotatable bonds is 4. The smallest absolute Gasteiger partial charge is 0.230 e. The average molecular weight is 375 g/mol. The zero-order chi connectivity index (χ0) is 18.4. The Bertz CT molecular complexity index is 641. The molecule has 2 amide bonds. The first-order valence-electron chi connectivity index (χ1n) is 10.4. The molecule has 0 aromatic rings. The summed E-state index contributed by atoms with van der Waals surface area (Å²) in [6.45, 7) is 6.87. The molecule has 148 valence electrons. The van der Waals surface area contributed by atoms with Crippen molar-refractivity contribution in [3.05, 3.63) is 12.2 Å². The summed E-state index contributed by atoms with van der Waals surface area (Å²) in [7, 11) is 0. The number of hydrogen-bond acceptors (Lipinski definition) is 5. The van der Waals surface area contributed by atoms with Crippen LogP contribution in [0.1, 0.15) is 19.3 Å². The Morgan fingerprint density at radius 3 is 2.67 bits per heavy atom. The van der Waals surface area contributed by atoms with Gasteiger partial charge in [-0.15, -0.1) is 0 Å². The number of piperidine rings is 1. The monoisotopic (exact) mass is 375 g/mol. The summed E-state index contributed by atoms with van der Waals surface area (Å²) in [5.74, 6) is -0.569. The molecule has 0 saturated carbocycles. The number of hydrogen-bond donors (Lipinski definition) is 0. The summed E-state index contributed by atoms with van der Waals surface area (Å²) >= 11 is 0. The quantitative estimate of drug-likeness (QED) is 0.653. The Hall–Kier alpha value is -1.44. The van der Waals surface area contributed by atoms with Crippen LogP contribution in [-0.2, 0) is 19.1 Å². The van der Waals surface area contributed by atoms with Crippen LogP contribution >= 0.6 is 0 Å². The van der Waals surface area contributed by atoms with Crippen molar-refractivity contribution in [2.75, 3.05) is 59.0 Å². The highest BCUT2D eigenvalue weighted by Crippen LogP contribution is 2.52. The molecule has 1 spiro atoms. The minimum absolute atomic E-state index is 0.0609. The molecule has 0 aliphatic carbocycles. The fourth-order valence-corrected chi connectivity index (χ4v) is 5.49. The molecule has 4 atom stereocenters. The highest BCUT2D eigenvalue weighted by molar-refractivity contribution is 5.93. The molecule has 0 aromatic carbocycles.